The summed E-state index contributed by atoms with van der Waals surface area (Å²) in [5.74, 6) is 0.231. The predicted molar refractivity (Wildman–Crippen MR) is 63.4 cm³/mol. The fraction of sp³-hybridized carbons (Fsp3) is 0.727. The van der Waals surface area contributed by atoms with Crippen LogP contribution in [0.25, 0.3) is 0 Å². The molecule has 3 heteroatoms. The highest BCUT2D eigenvalue weighted by atomic mass is 31.0. The van der Waals surface area contributed by atoms with Crippen molar-refractivity contribution in [2.24, 2.45) is 0 Å². The van der Waals surface area contributed by atoms with Gasteiger partial charge < -0.3 is 4.90 Å². The minimum atomic E-state index is 0.231. The van der Waals surface area contributed by atoms with E-state index in [0.717, 1.165) is 31.4 Å². The van der Waals surface area contributed by atoms with E-state index in [1.165, 1.54) is 5.57 Å². The van der Waals surface area contributed by atoms with Gasteiger partial charge in [-0.2, -0.15) is 0 Å². The molecule has 14 heavy (non-hydrogen) atoms. The molecule has 0 aromatic heterocycles. The zero-order chi connectivity index (χ0) is 10.7. The SMILES string of the molecule is CCCN(C)C(=O)C1=C(C)CC(P)C1. The molecular weight excluding hydrogens is 193 g/mol. The monoisotopic (exact) mass is 213 g/mol. The summed E-state index contributed by atoms with van der Waals surface area (Å²) in [5, 5.41) is 0. The van der Waals surface area contributed by atoms with E-state index in [0.29, 0.717) is 5.66 Å². The van der Waals surface area contributed by atoms with Crippen molar-refractivity contribution in [2.75, 3.05) is 13.6 Å². The van der Waals surface area contributed by atoms with Crippen molar-refractivity contribution in [3.05, 3.63) is 11.1 Å². The van der Waals surface area contributed by atoms with Gasteiger partial charge in [-0.3, -0.25) is 4.79 Å². The van der Waals surface area contributed by atoms with E-state index in [1.807, 2.05) is 11.9 Å². The molecule has 0 N–H and O–H groups in total. The molecule has 1 aliphatic rings. The summed E-state index contributed by atoms with van der Waals surface area (Å²) in [7, 11) is 4.70. The van der Waals surface area contributed by atoms with Crippen LogP contribution in [0, 0.1) is 0 Å². The zero-order valence-corrected chi connectivity index (χ0v) is 10.5. The number of amides is 1. The average Bonchev–Trinajstić information content (AvgIpc) is 2.44. The Bertz CT molecular complexity index is 260. The molecule has 80 valence electrons. The lowest BCUT2D eigenvalue weighted by molar-refractivity contribution is -0.126. The first-order valence-corrected chi connectivity index (χ1v) is 5.92. The topological polar surface area (TPSA) is 20.3 Å². The van der Waals surface area contributed by atoms with E-state index in [4.69, 9.17) is 0 Å². The lowest BCUT2D eigenvalue weighted by Crippen LogP contribution is -2.28. The van der Waals surface area contributed by atoms with Crippen LogP contribution in [-0.4, -0.2) is 30.1 Å². The Kier molecular flexibility index (Phi) is 4.12. The number of hydrogen-bond donors (Lipinski definition) is 0. The van der Waals surface area contributed by atoms with Crippen molar-refractivity contribution in [1.82, 2.24) is 4.90 Å². The van der Waals surface area contributed by atoms with Gasteiger partial charge in [-0.05, 0) is 31.8 Å². The molecule has 0 aromatic carbocycles. The first kappa shape index (κ1) is 11.7. The first-order chi connectivity index (χ1) is 6.56. The normalized spacial score (nSPS) is 21.6. The molecule has 2 nitrogen and oxygen atoms in total. The average molecular weight is 213 g/mol. The van der Waals surface area contributed by atoms with Crippen LogP contribution in [0.2, 0.25) is 0 Å². The summed E-state index contributed by atoms with van der Waals surface area (Å²) < 4.78 is 0. The summed E-state index contributed by atoms with van der Waals surface area (Å²) in [6.07, 6.45) is 3.02. The molecule has 0 spiro atoms. The van der Waals surface area contributed by atoms with Crippen molar-refractivity contribution in [3.63, 3.8) is 0 Å². The fourth-order valence-corrected chi connectivity index (χ4v) is 2.55. The lowest BCUT2D eigenvalue weighted by atomic mass is 10.1. The Hall–Kier alpha value is -0.360. The number of rotatable bonds is 3. The summed E-state index contributed by atoms with van der Waals surface area (Å²) >= 11 is 0. The molecular formula is C11H20NOP. The standard InChI is InChI=1S/C11H20NOP/c1-4-5-12(3)11(13)10-7-9(14)6-8(10)2/h9H,4-7,14H2,1-3H3. The predicted octanol–water partition coefficient (Wildman–Crippen LogP) is 2.21. The van der Waals surface area contributed by atoms with Crippen LogP contribution >= 0.6 is 9.24 Å². The van der Waals surface area contributed by atoms with Crippen LogP contribution in [-0.2, 0) is 4.79 Å². The molecule has 2 atom stereocenters. The van der Waals surface area contributed by atoms with E-state index in [9.17, 15) is 4.79 Å². The van der Waals surface area contributed by atoms with Gasteiger partial charge in [0.15, 0.2) is 0 Å². The Morgan fingerprint density at radius 3 is 2.64 bits per heavy atom. The molecule has 0 bridgehead atoms. The second kappa shape index (κ2) is 4.93. The molecule has 0 fully saturated rings. The van der Waals surface area contributed by atoms with Crippen LogP contribution in [0.5, 0.6) is 0 Å². The number of nitrogens with zero attached hydrogens (tertiary/aromatic N) is 1. The second-order valence-electron chi connectivity index (χ2n) is 4.15. The number of allylic oxidation sites excluding steroid dienone is 1. The maximum atomic E-state index is 12.0. The zero-order valence-electron chi connectivity index (χ0n) is 9.34. The van der Waals surface area contributed by atoms with Gasteiger partial charge in [0.25, 0.3) is 0 Å². The largest absolute Gasteiger partial charge is 0.342 e. The van der Waals surface area contributed by atoms with E-state index in [2.05, 4.69) is 23.1 Å². The van der Waals surface area contributed by atoms with Crippen molar-refractivity contribution < 1.29 is 4.79 Å². The van der Waals surface area contributed by atoms with Gasteiger partial charge in [-0.1, -0.05) is 12.5 Å². The van der Waals surface area contributed by atoms with Crippen LogP contribution in [0.4, 0.5) is 0 Å². The van der Waals surface area contributed by atoms with E-state index in [1.54, 1.807) is 0 Å². The summed E-state index contributed by atoms with van der Waals surface area (Å²) in [4.78, 5) is 13.8. The van der Waals surface area contributed by atoms with Crippen molar-refractivity contribution in [3.8, 4) is 0 Å². The minimum absolute atomic E-state index is 0.231. The molecule has 0 radical (unpaired) electrons. The minimum Gasteiger partial charge on any atom is -0.342 e. The van der Waals surface area contributed by atoms with E-state index in [-0.39, 0.29) is 5.91 Å². The smallest absolute Gasteiger partial charge is 0.249 e. The third-order valence-corrected chi connectivity index (χ3v) is 3.19. The second-order valence-corrected chi connectivity index (χ2v) is 5.10. The van der Waals surface area contributed by atoms with Gasteiger partial charge in [-0.15, -0.1) is 9.24 Å². The Balaban J connectivity index is 2.65. The van der Waals surface area contributed by atoms with Gasteiger partial charge in [0, 0.05) is 19.2 Å². The highest BCUT2D eigenvalue weighted by Crippen LogP contribution is 2.32. The van der Waals surface area contributed by atoms with Crippen LogP contribution in [0.15, 0.2) is 11.1 Å². The number of hydrogen-bond acceptors (Lipinski definition) is 1. The first-order valence-electron chi connectivity index (χ1n) is 5.26. The highest BCUT2D eigenvalue weighted by Gasteiger charge is 2.24. The third kappa shape index (κ3) is 2.57. The van der Waals surface area contributed by atoms with Crippen molar-refractivity contribution in [1.29, 1.82) is 0 Å². The molecule has 1 aliphatic carbocycles. The maximum absolute atomic E-state index is 12.0. The van der Waals surface area contributed by atoms with E-state index < -0.39 is 0 Å². The number of likely N-dealkylation sites (N-methyl/N-ethyl adjacent to an activating group) is 1. The quantitative estimate of drug-likeness (QED) is 0.658. The van der Waals surface area contributed by atoms with Crippen LogP contribution < -0.4 is 0 Å². The van der Waals surface area contributed by atoms with Gasteiger partial charge in [0.05, 0.1) is 0 Å². The summed E-state index contributed by atoms with van der Waals surface area (Å²) in [6.45, 7) is 5.03. The summed E-state index contributed by atoms with van der Waals surface area (Å²) in [6, 6.07) is 0. The Morgan fingerprint density at radius 2 is 2.21 bits per heavy atom. The van der Waals surface area contributed by atoms with Gasteiger partial charge in [0.1, 0.15) is 0 Å². The highest BCUT2D eigenvalue weighted by molar-refractivity contribution is 7.17. The van der Waals surface area contributed by atoms with Gasteiger partial charge in [-0.25, -0.2) is 0 Å². The molecule has 0 aromatic rings. The molecule has 2 unspecified atom stereocenters. The molecule has 0 saturated carbocycles. The molecule has 0 aliphatic heterocycles. The maximum Gasteiger partial charge on any atom is 0.249 e. The Labute approximate surface area is 88.9 Å². The number of carbonyl (C=O) groups excluding carboxylic acids is 1. The van der Waals surface area contributed by atoms with Crippen LogP contribution in [0.3, 0.4) is 0 Å². The van der Waals surface area contributed by atoms with E-state index >= 15 is 0 Å². The number of carbonyl (C=O) groups is 1. The molecule has 1 rings (SSSR count). The van der Waals surface area contributed by atoms with Crippen LogP contribution in [0.1, 0.15) is 33.1 Å². The lowest BCUT2D eigenvalue weighted by Gasteiger charge is -2.17. The molecule has 0 heterocycles. The van der Waals surface area contributed by atoms with Crippen molar-refractivity contribution in [2.45, 2.75) is 38.8 Å². The molecule has 0 saturated heterocycles. The van der Waals surface area contributed by atoms with Crippen molar-refractivity contribution >= 4 is 15.1 Å². The summed E-state index contributed by atoms with van der Waals surface area (Å²) in [5.41, 5.74) is 2.89. The molecule has 1 amide bonds. The third-order valence-electron chi connectivity index (χ3n) is 2.71. The Morgan fingerprint density at radius 1 is 1.57 bits per heavy atom. The fourth-order valence-electron chi connectivity index (χ4n) is 1.96. The van der Waals surface area contributed by atoms with Gasteiger partial charge >= 0.3 is 0 Å². The van der Waals surface area contributed by atoms with Gasteiger partial charge in [0.2, 0.25) is 5.91 Å².